The van der Waals surface area contributed by atoms with Crippen LogP contribution in [-0.4, -0.2) is 4.92 Å². The van der Waals surface area contributed by atoms with E-state index in [1.807, 2.05) is 0 Å². The molecule has 5 heteroatoms. The van der Waals surface area contributed by atoms with E-state index < -0.39 is 4.92 Å². The summed E-state index contributed by atoms with van der Waals surface area (Å²) in [5, 5.41) is 11.1. The molecule has 5 nitrogen and oxygen atoms in total. The average Bonchev–Trinajstić information content (AvgIpc) is 2.47. The number of nitro groups is 1. The van der Waals surface area contributed by atoms with Crippen LogP contribution in [0.3, 0.4) is 0 Å². The molecule has 1 aromatic heterocycles. The van der Waals surface area contributed by atoms with Crippen molar-refractivity contribution in [2.45, 2.75) is 25.7 Å². The molecule has 0 N–H and O–H groups in total. The summed E-state index contributed by atoms with van der Waals surface area (Å²) in [6.07, 6.45) is 3.42. The Kier molecular flexibility index (Phi) is 3.10. The van der Waals surface area contributed by atoms with Crippen LogP contribution in [0.2, 0.25) is 0 Å². The molecule has 0 saturated heterocycles. The highest BCUT2D eigenvalue weighted by Gasteiger charge is 2.21. The zero-order chi connectivity index (χ0) is 14.1. The Labute approximate surface area is 115 Å². The van der Waals surface area contributed by atoms with E-state index in [4.69, 9.17) is 4.42 Å². The first-order valence-corrected chi connectivity index (χ1v) is 6.56. The fraction of sp³-hybridized carbons (Fsp3) is 0.267. The summed E-state index contributed by atoms with van der Waals surface area (Å²) in [4.78, 5) is 22.7. The quantitative estimate of drug-likeness (QED) is 0.621. The van der Waals surface area contributed by atoms with Crippen LogP contribution in [0.15, 0.2) is 39.5 Å². The van der Waals surface area contributed by atoms with Crippen LogP contribution in [0, 0.1) is 10.1 Å². The highest BCUT2D eigenvalue weighted by molar-refractivity contribution is 5.69. The largest absolute Gasteiger partial charge is 0.460 e. The molecule has 2 aromatic rings. The van der Waals surface area contributed by atoms with Crippen LogP contribution in [0.4, 0.5) is 5.69 Å². The molecule has 0 aliphatic heterocycles. The maximum atomic E-state index is 12.1. The first-order chi connectivity index (χ1) is 9.66. The van der Waals surface area contributed by atoms with Crippen molar-refractivity contribution >= 4 is 5.69 Å². The van der Waals surface area contributed by atoms with Gasteiger partial charge < -0.3 is 4.42 Å². The van der Waals surface area contributed by atoms with Crippen LogP contribution in [0.1, 0.15) is 24.2 Å². The summed E-state index contributed by atoms with van der Waals surface area (Å²) in [5.41, 5.74) is 0.937. The van der Waals surface area contributed by atoms with Gasteiger partial charge in [0.15, 0.2) is 5.43 Å². The molecule has 0 unspecified atom stereocenters. The van der Waals surface area contributed by atoms with E-state index in [0.717, 1.165) is 31.2 Å². The summed E-state index contributed by atoms with van der Waals surface area (Å²) in [6, 6.07) is 7.67. The van der Waals surface area contributed by atoms with Gasteiger partial charge in [0.1, 0.15) is 11.5 Å². The molecule has 0 saturated carbocycles. The molecular formula is C15H13NO4. The summed E-state index contributed by atoms with van der Waals surface area (Å²) in [7, 11) is 0. The Bertz CT molecular complexity index is 733. The first-order valence-electron chi connectivity index (χ1n) is 6.56. The van der Waals surface area contributed by atoms with E-state index in [9.17, 15) is 14.9 Å². The van der Waals surface area contributed by atoms with Gasteiger partial charge in [0.25, 0.3) is 5.69 Å². The molecule has 102 valence electrons. The van der Waals surface area contributed by atoms with Gasteiger partial charge in [-0.05, 0) is 25.3 Å². The van der Waals surface area contributed by atoms with E-state index in [1.54, 1.807) is 18.2 Å². The second kappa shape index (κ2) is 4.92. The maximum absolute atomic E-state index is 12.1. The lowest BCUT2D eigenvalue weighted by Gasteiger charge is -2.14. The number of nitrogens with zero attached hydrogens (tertiary/aromatic N) is 1. The molecule has 0 fully saturated rings. The minimum absolute atomic E-state index is 0.0496. The van der Waals surface area contributed by atoms with E-state index in [0.29, 0.717) is 11.3 Å². The van der Waals surface area contributed by atoms with E-state index in [2.05, 4.69) is 0 Å². The second-order valence-corrected chi connectivity index (χ2v) is 4.86. The summed E-state index contributed by atoms with van der Waals surface area (Å²) in [5.74, 6) is 0.958. The average molecular weight is 271 g/mol. The van der Waals surface area contributed by atoms with Crippen molar-refractivity contribution in [2.75, 3.05) is 0 Å². The lowest BCUT2D eigenvalue weighted by Crippen LogP contribution is -2.15. The van der Waals surface area contributed by atoms with Crippen molar-refractivity contribution in [3.8, 4) is 11.3 Å². The Morgan fingerprint density at radius 3 is 2.70 bits per heavy atom. The van der Waals surface area contributed by atoms with Crippen LogP contribution in [0.5, 0.6) is 0 Å². The monoisotopic (exact) mass is 271 g/mol. The minimum Gasteiger partial charge on any atom is -0.460 e. The SMILES string of the molecule is O=c1cc(-c2ccccc2[N+](=O)[O-])oc2c1CCCC2. The van der Waals surface area contributed by atoms with Crippen LogP contribution in [-0.2, 0) is 12.8 Å². The number of para-hydroxylation sites is 1. The van der Waals surface area contributed by atoms with Gasteiger partial charge in [0, 0.05) is 24.1 Å². The Hall–Kier alpha value is -2.43. The van der Waals surface area contributed by atoms with Gasteiger partial charge in [-0.2, -0.15) is 0 Å². The predicted molar refractivity (Wildman–Crippen MR) is 73.7 cm³/mol. The van der Waals surface area contributed by atoms with Crippen molar-refractivity contribution in [2.24, 2.45) is 0 Å². The number of aryl methyl sites for hydroxylation is 1. The van der Waals surface area contributed by atoms with Crippen molar-refractivity contribution in [1.29, 1.82) is 0 Å². The third kappa shape index (κ3) is 2.11. The lowest BCUT2D eigenvalue weighted by molar-refractivity contribution is -0.384. The minimum atomic E-state index is -0.464. The first kappa shape index (κ1) is 12.6. The van der Waals surface area contributed by atoms with Gasteiger partial charge in [-0.1, -0.05) is 12.1 Å². The molecule has 20 heavy (non-hydrogen) atoms. The van der Waals surface area contributed by atoms with E-state index in [1.165, 1.54) is 12.1 Å². The van der Waals surface area contributed by atoms with Gasteiger partial charge in [-0.15, -0.1) is 0 Å². The fourth-order valence-corrected chi connectivity index (χ4v) is 2.59. The molecule has 0 bridgehead atoms. The number of hydrogen-bond donors (Lipinski definition) is 0. The molecule has 3 rings (SSSR count). The zero-order valence-electron chi connectivity index (χ0n) is 10.8. The maximum Gasteiger partial charge on any atom is 0.280 e. The molecule has 0 spiro atoms. The van der Waals surface area contributed by atoms with Gasteiger partial charge in [-0.25, -0.2) is 0 Å². The molecular weight excluding hydrogens is 258 g/mol. The van der Waals surface area contributed by atoms with Crippen LogP contribution >= 0.6 is 0 Å². The van der Waals surface area contributed by atoms with Crippen LogP contribution < -0.4 is 5.43 Å². The van der Waals surface area contributed by atoms with Crippen molar-refractivity contribution in [1.82, 2.24) is 0 Å². The number of nitro benzene ring substituents is 1. The highest BCUT2D eigenvalue weighted by atomic mass is 16.6. The van der Waals surface area contributed by atoms with Gasteiger partial charge in [-0.3, -0.25) is 14.9 Å². The smallest absolute Gasteiger partial charge is 0.280 e. The fourth-order valence-electron chi connectivity index (χ4n) is 2.59. The van der Waals surface area contributed by atoms with E-state index in [-0.39, 0.29) is 16.9 Å². The summed E-state index contributed by atoms with van der Waals surface area (Å²) < 4.78 is 5.75. The topological polar surface area (TPSA) is 73.3 Å². The standard InChI is InChI=1S/C15H13NO4/c17-13-9-15(20-14-8-4-2-6-11(13)14)10-5-1-3-7-12(10)16(18)19/h1,3,5,7,9H,2,4,6,8H2. The Morgan fingerprint density at radius 2 is 1.90 bits per heavy atom. The third-order valence-corrected chi connectivity index (χ3v) is 3.58. The van der Waals surface area contributed by atoms with Gasteiger partial charge >= 0.3 is 0 Å². The number of hydrogen-bond acceptors (Lipinski definition) is 4. The van der Waals surface area contributed by atoms with E-state index >= 15 is 0 Å². The third-order valence-electron chi connectivity index (χ3n) is 3.58. The normalized spacial score (nSPS) is 13.8. The Balaban J connectivity index is 2.19. The molecule has 1 aliphatic carbocycles. The van der Waals surface area contributed by atoms with Crippen molar-refractivity contribution in [3.05, 3.63) is 62.0 Å². The second-order valence-electron chi connectivity index (χ2n) is 4.86. The molecule has 1 aromatic carbocycles. The lowest BCUT2D eigenvalue weighted by atomic mass is 9.96. The molecule has 0 atom stereocenters. The summed E-state index contributed by atoms with van der Waals surface area (Å²) in [6.45, 7) is 0. The highest BCUT2D eigenvalue weighted by Crippen LogP contribution is 2.31. The van der Waals surface area contributed by atoms with Gasteiger partial charge in [0.05, 0.1) is 10.5 Å². The van der Waals surface area contributed by atoms with Crippen molar-refractivity contribution < 1.29 is 9.34 Å². The number of fused-ring (bicyclic) bond motifs is 1. The predicted octanol–water partition coefficient (Wildman–Crippen LogP) is 3.09. The zero-order valence-corrected chi connectivity index (χ0v) is 10.8. The molecule has 1 heterocycles. The number of benzene rings is 1. The number of rotatable bonds is 2. The molecule has 0 amide bonds. The van der Waals surface area contributed by atoms with Crippen LogP contribution in [0.25, 0.3) is 11.3 Å². The Morgan fingerprint density at radius 1 is 1.15 bits per heavy atom. The van der Waals surface area contributed by atoms with Gasteiger partial charge in [0.2, 0.25) is 0 Å². The van der Waals surface area contributed by atoms with Crippen molar-refractivity contribution in [3.63, 3.8) is 0 Å². The summed E-state index contributed by atoms with van der Waals surface area (Å²) >= 11 is 0. The molecule has 0 radical (unpaired) electrons. The molecule has 1 aliphatic rings.